The quantitative estimate of drug-likeness (QED) is 0.519. The lowest BCUT2D eigenvalue weighted by Crippen LogP contribution is -2.37. The maximum absolute atomic E-state index is 12.4. The van der Waals surface area contributed by atoms with Crippen molar-refractivity contribution in [2.75, 3.05) is 20.7 Å². The summed E-state index contributed by atoms with van der Waals surface area (Å²) in [5, 5.41) is 2.21. The van der Waals surface area contributed by atoms with E-state index in [0.29, 0.717) is 5.39 Å². The van der Waals surface area contributed by atoms with Gasteiger partial charge in [-0.25, -0.2) is 9.80 Å². The molecule has 0 saturated carbocycles. The smallest absolute Gasteiger partial charge is 0.341 e. The maximum Gasteiger partial charge on any atom is 0.341 e. The van der Waals surface area contributed by atoms with Crippen LogP contribution in [0.15, 0.2) is 36.9 Å². The number of rotatable bonds is 5. The normalized spacial score (nSPS) is 10.7. The van der Waals surface area contributed by atoms with E-state index in [1.165, 1.54) is 11.1 Å². The number of esters is 1. The van der Waals surface area contributed by atoms with Gasteiger partial charge in [0.1, 0.15) is 12.3 Å². The summed E-state index contributed by atoms with van der Waals surface area (Å²) < 4.78 is 6.82. The Morgan fingerprint density at radius 3 is 2.68 bits per heavy atom. The molecule has 116 valence electrons. The Balaban J connectivity index is 2.62. The highest BCUT2D eigenvalue weighted by Gasteiger charge is 2.26. The molecular formula is C16H19N3O3. The predicted molar refractivity (Wildman–Crippen MR) is 84.6 cm³/mol. The van der Waals surface area contributed by atoms with Crippen molar-refractivity contribution >= 4 is 22.8 Å². The van der Waals surface area contributed by atoms with E-state index in [1.54, 1.807) is 31.8 Å². The molecule has 1 aromatic heterocycles. The molecule has 0 aliphatic heterocycles. The molecule has 0 atom stereocenters. The van der Waals surface area contributed by atoms with Gasteiger partial charge >= 0.3 is 5.97 Å². The average Bonchev–Trinajstić information content (AvgIpc) is 2.78. The molecule has 0 aliphatic rings. The third kappa shape index (κ3) is 2.87. The summed E-state index contributed by atoms with van der Waals surface area (Å²) in [5.74, 6) is -0.908. The highest BCUT2D eigenvalue weighted by molar-refractivity contribution is 6.14. The van der Waals surface area contributed by atoms with Crippen molar-refractivity contribution in [2.45, 2.75) is 0 Å². The highest BCUT2D eigenvalue weighted by Crippen LogP contribution is 2.26. The van der Waals surface area contributed by atoms with Crippen LogP contribution in [0.3, 0.4) is 0 Å². The van der Waals surface area contributed by atoms with Crippen molar-refractivity contribution in [3.05, 3.63) is 48.2 Å². The zero-order valence-corrected chi connectivity index (χ0v) is 12.9. The number of hydrogen-bond acceptors (Lipinski definition) is 4. The summed E-state index contributed by atoms with van der Waals surface area (Å²) >= 11 is 0. The van der Waals surface area contributed by atoms with Crippen LogP contribution in [0.4, 0.5) is 0 Å². The second-order valence-corrected chi connectivity index (χ2v) is 5.02. The SMILES string of the molecule is C=CCOC(=O)c1c(C(=O)NN(C)C)n(C)c2ccccc12. The number of ether oxygens (including phenoxy) is 1. The molecule has 22 heavy (non-hydrogen) atoms. The number of nitrogens with one attached hydrogen (secondary N) is 1. The van der Waals surface area contributed by atoms with Crippen LogP contribution < -0.4 is 5.43 Å². The van der Waals surface area contributed by atoms with Gasteiger partial charge in [0.25, 0.3) is 5.91 Å². The predicted octanol–water partition coefficient (Wildman–Crippen LogP) is 1.73. The number of aryl methyl sites for hydroxylation is 1. The lowest BCUT2D eigenvalue weighted by Gasteiger charge is -2.13. The van der Waals surface area contributed by atoms with Gasteiger partial charge in [-0.1, -0.05) is 30.9 Å². The molecule has 6 heteroatoms. The number of hydrazine groups is 1. The van der Waals surface area contributed by atoms with Crippen LogP contribution in [-0.4, -0.2) is 42.2 Å². The van der Waals surface area contributed by atoms with E-state index in [4.69, 9.17) is 4.74 Å². The summed E-state index contributed by atoms with van der Waals surface area (Å²) in [5.41, 5.74) is 3.98. The molecule has 0 fully saturated rings. The number of carbonyl (C=O) groups is 2. The van der Waals surface area contributed by atoms with Gasteiger partial charge in [-0.15, -0.1) is 0 Å². The lowest BCUT2D eigenvalue weighted by molar-refractivity contribution is 0.0546. The minimum Gasteiger partial charge on any atom is -0.458 e. The minimum absolute atomic E-state index is 0.0940. The van der Waals surface area contributed by atoms with Crippen molar-refractivity contribution in [3.8, 4) is 0 Å². The average molecular weight is 301 g/mol. The van der Waals surface area contributed by atoms with Gasteiger partial charge in [0.2, 0.25) is 0 Å². The van der Waals surface area contributed by atoms with Gasteiger partial charge in [-0.05, 0) is 6.07 Å². The number of amides is 1. The standard InChI is InChI=1S/C16H19N3O3/c1-5-10-22-16(21)13-11-8-6-7-9-12(11)19(4)14(13)15(20)17-18(2)3/h5-9H,1,10H2,2-4H3,(H,17,20). The Labute approximate surface area is 128 Å². The number of hydrogen-bond donors (Lipinski definition) is 1. The Kier molecular flexibility index (Phi) is 4.62. The van der Waals surface area contributed by atoms with Crippen LogP contribution in [0.5, 0.6) is 0 Å². The Morgan fingerprint density at radius 1 is 1.36 bits per heavy atom. The van der Waals surface area contributed by atoms with Gasteiger partial charge in [0, 0.05) is 32.0 Å². The molecule has 0 aliphatic carbocycles. The van der Waals surface area contributed by atoms with Crippen molar-refractivity contribution < 1.29 is 14.3 Å². The molecule has 0 radical (unpaired) electrons. The molecule has 2 aromatic rings. The lowest BCUT2D eigenvalue weighted by atomic mass is 10.1. The van der Waals surface area contributed by atoms with Crippen LogP contribution in [0.25, 0.3) is 10.9 Å². The zero-order chi connectivity index (χ0) is 16.3. The van der Waals surface area contributed by atoms with E-state index in [2.05, 4.69) is 12.0 Å². The topological polar surface area (TPSA) is 63.6 Å². The number of para-hydroxylation sites is 1. The summed E-state index contributed by atoms with van der Waals surface area (Å²) in [6.45, 7) is 3.62. The largest absolute Gasteiger partial charge is 0.458 e. The number of carbonyl (C=O) groups excluding carboxylic acids is 2. The fourth-order valence-electron chi connectivity index (χ4n) is 2.33. The van der Waals surface area contributed by atoms with Gasteiger partial charge in [0.15, 0.2) is 0 Å². The van der Waals surface area contributed by atoms with Crippen LogP contribution in [0, 0.1) is 0 Å². The van der Waals surface area contributed by atoms with Crippen LogP contribution >= 0.6 is 0 Å². The first-order valence-electron chi connectivity index (χ1n) is 6.81. The van der Waals surface area contributed by atoms with Crippen LogP contribution in [-0.2, 0) is 11.8 Å². The van der Waals surface area contributed by atoms with Crippen LogP contribution in [0.1, 0.15) is 20.8 Å². The van der Waals surface area contributed by atoms with E-state index in [0.717, 1.165) is 5.52 Å². The van der Waals surface area contributed by atoms with Crippen molar-refractivity contribution in [3.63, 3.8) is 0 Å². The molecule has 1 N–H and O–H groups in total. The van der Waals surface area contributed by atoms with E-state index < -0.39 is 5.97 Å². The van der Waals surface area contributed by atoms with E-state index in [9.17, 15) is 9.59 Å². The Morgan fingerprint density at radius 2 is 2.05 bits per heavy atom. The number of nitrogens with zero attached hydrogens (tertiary/aromatic N) is 2. The molecule has 1 aromatic carbocycles. The first-order chi connectivity index (χ1) is 10.5. The number of benzene rings is 1. The molecule has 0 unspecified atom stereocenters. The molecule has 0 spiro atoms. The van der Waals surface area contributed by atoms with E-state index >= 15 is 0 Å². The third-order valence-corrected chi connectivity index (χ3v) is 3.18. The number of fused-ring (bicyclic) bond motifs is 1. The van der Waals surface area contributed by atoms with Gasteiger partial charge in [0.05, 0.1) is 5.56 Å². The van der Waals surface area contributed by atoms with Crippen molar-refractivity contribution in [1.82, 2.24) is 15.0 Å². The second kappa shape index (κ2) is 6.44. The molecule has 2 rings (SSSR count). The summed E-state index contributed by atoms with van der Waals surface area (Å²) in [6, 6.07) is 7.33. The fraction of sp³-hybridized carbons (Fsp3) is 0.250. The monoisotopic (exact) mass is 301 g/mol. The second-order valence-electron chi connectivity index (χ2n) is 5.02. The molecule has 1 heterocycles. The molecule has 6 nitrogen and oxygen atoms in total. The third-order valence-electron chi connectivity index (χ3n) is 3.18. The molecule has 1 amide bonds. The Bertz CT molecular complexity index is 732. The van der Waals surface area contributed by atoms with Crippen molar-refractivity contribution in [1.29, 1.82) is 0 Å². The first kappa shape index (κ1) is 15.8. The molecular weight excluding hydrogens is 282 g/mol. The molecule has 0 bridgehead atoms. The number of aromatic nitrogens is 1. The van der Waals surface area contributed by atoms with E-state index in [-0.39, 0.29) is 23.8 Å². The molecule has 0 saturated heterocycles. The summed E-state index contributed by atoms with van der Waals surface area (Å²) in [4.78, 5) is 24.8. The highest BCUT2D eigenvalue weighted by atomic mass is 16.5. The van der Waals surface area contributed by atoms with Gasteiger partial charge in [-0.3, -0.25) is 10.2 Å². The fourth-order valence-corrected chi connectivity index (χ4v) is 2.33. The zero-order valence-electron chi connectivity index (χ0n) is 12.9. The van der Waals surface area contributed by atoms with Gasteiger partial charge in [-0.2, -0.15) is 0 Å². The van der Waals surface area contributed by atoms with E-state index in [1.807, 2.05) is 18.2 Å². The van der Waals surface area contributed by atoms with Crippen molar-refractivity contribution in [2.24, 2.45) is 7.05 Å². The maximum atomic E-state index is 12.4. The Hall–Kier alpha value is -2.60. The van der Waals surface area contributed by atoms with Gasteiger partial charge < -0.3 is 9.30 Å². The first-order valence-corrected chi connectivity index (χ1v) is 6.81. The minimum atomic E-state index is -0.541. The summed E-state index contributed by atoms with van der Waals surface area (Å²) in [7, 11) is 5.16. The summed E-state index contributed by atoms with van der Waals surface area (Å²) in [6.07, 6.45) is 1.49. The van der Waals surface area contributed by atoms with Crippen LogP contribution in [0.2, 0.25) is 0 Å².